The van der Waals surface area contributed by atoms with Gasteiger partial charge in [0, 0.05) is 12.5 Å². The second kappa shape index (κ2) is 22.9. The summed E-state index contributed by atoms with van der Waals surface area (Å²) in [7, 11) is 0. The highest BCUT2D eigenvalue weighted by Crippen LogP contribution is 2.25. The molecular weight excluding hydrogens is 376 g/mol. The zero-order valence-electron chi connectivity index (χ0n) is 20.5. The van der Waals surface area contributed by atoms with E-state index >= 15 is 0 Å². The maximum absolute atomic E-state index is 6.33. The molecule has 0 rings (SSSR count). The first-order valence-electron chi connectivity index (χ1n) is 13.4. The van der Waals surface area contributed by atoms with Crippen LogP contribution in [0.4, 0.5) is 0 Å². The van der Waals surface area contributed by atoms with E-state index in [-0.39, 0.29) is 5.60 Å². The van der Waals surface area contributed by atoms with Crippen LogP contribution in [0.2, 0.25) is 0 Å². The van der Waals surface area contributed by atoms with E-state index in [0.717, 1.165) is 13.0 Å². The van der Waals surface area contributed by atoms with Gasteiger partial charge in [-0.25, -0.2) is 0 Å². The second-order valence-electron chi connectivity index (χ2n) is 9.50. The molecule has 0 N–H and O–H groups in total. The van der Waals surface area contributed by atoms with Gasteiger partial charge in [-0.05, 0) is 26.2 Å². The third-order valence-electron chi connectivity index (χ3n) is 6.38. The molecule has 0 aromatic carbocycles. The maximum Gasteiger partial charge on any atom is 0.0665 e. The Morgan fingerprint density at radius 1 is 0.517 bits per heavy atom. The lowest BCUT2D eigenvalue weighted by atomic mass is 9.94. The summed E-state index contributed by atoms with van der Waals surface area (Å²) in [4.78, 5) is 0. The van der Waals surface area contributed by atoms with Gasteiger partial charge in [0.25, 0.3) is 0 Å². The summed E-state index contributed by atoms with van der Waals surface area (Å²) in [6.45, 7) is 7.78. The molecule has 2 heteroatoms. The van der Waals surface area contributed by atoms with Crippen LogP contribution in [0.1, 0.15) is 156 Å². The normalized spacial score (nSPS) is 13.7. The van der Waals surface area contributed by atoms with Crippen LogP contribution in [-0.2, 0) is 4.74 Å². The third-order valence-corrected chi connectivity index (χ3v) is 6.57. The van der Waals surface area contributed by atoms with E-state index in [0.29, 0.717) is 5.88 Å². The molecule has 29 heavy (non-hydrogen) atoms. The standard InChI is InChI=1S/C27H55ClO/c1-4-6-8-10-12-14-16-18-20-22-26-29-27(3,24-25-28)23-21-19-17-15-13-11-9-7-5-2/h4-26H2,1-3H3. The van der Waals surface area contributed by atoms with Crippen molar-refractivity contribution in [3.8, 4) is 0 Å². The van der Waals surface area contributed by atoms with Gasteiger partial charge in [0.15, 0.2) is 0 Å². The summed E-state index contributed by atoms with van der Waals surface area (Å²) in [5, 5.41) is 0. The minimum atomic E-state index is 0.00214. The molecule has 0 spiro atoms. The molecule has 0 bridgehead atoms. The monoisotopic (exact) mass is 430 g/mol. The molecule has 0 aliphatic heterocycles. The van der Waals surface area contributed by atoms with Crippen LogP contribution in [-0.4, -0.2) is 18.1 Å². The second-order valence-corrected chi connectivity index (χ2v) is 9.88. The number of hydrogen-bond donors (Lipinski definition) is 0. The molecule has 0 saturated carbocycles. The molecule has 1 atom stereocenters. The van der Waals surface area contributed by atoms with Crippen LogP contribution in [0.15, 0.2) is 0 Å². The van der Waals surface area contributed by atoms with Crippen LogP contribution in [0, 0.1) is 0 Å². The van der Waals surface area contributed by atoms with Crippen molar-refractivity contribution < 1.29 is 4.74 Å². The Kier molecular flexibility index (Phi) is 23.1. The Morgan fingerprint density at radius 2 is 0.897 bits per heavy atom. The first-order valence-corrected chi connectivity index (χ1v) is 13.9. The lowest BCUT2D eigenvalue weighted by Gasteiger charge is -2.29. The molecule has 0 aliphatic rings. The fourth-order valence-corrected chi connectivity index (χ4v) is 4.59. The van der Waals surface area contributed by atoms with Crippen molar-refractivity contribution in [1.29, 1.82) is 0 Å². The molecule has 0 saturated heterocycles. The van der Waals surface area contributed by atoms with Crippen molar-refractivity contribution >= 4 is 11.6 Å². The topological polar surface area (TPSA) is 9.23 Å². The molecular formula is C27H55ClO. The van der Waals surface area contributed by atoms with Crippen molar-refractivity contribution in [3.05, 3.63) is 0 Å². The van der Waals surface area contributed by atoms with Gasteiger partial charge in [0.1, 0.15) is 0 Å². The van der Waals surface area contributed by atoms with Gasteiger partial charge in [0.05, 0.1) is 5.60 Å². The molecule has 1 unspecified atom stereocenters. The predicted octanol–water partition coefficient (Wildman–Crippen LogP) is 10.2. The number of halogens is 1. The minimum Gasteiger partial charge on any atom is -0.375 e. The van der Waals surface area contributed by atoms with Crippen molar-refractivity contribution in [3.63, 3.8) is 0 Å². The summed E-state index contributed by atoms with van der Waals surface area (Å²) in [5.74, 6) is 0.714. The first kappa shape index (κ1) is 29.2. The van der Waals surface area contributed by atoms with E-state index in [4.69, 9.17) is 16.3 Å². The number of unbranched alkanes of at least 4 members (excludes halogenated alkanes) is 17. The largest absolute Gasteiger partial charge is 0.375 e. The van der Waals surface area contributed by atoms with Crippen LogP contribution in [0.3, 0.4) is 0 Å². The summed E-state index contributed by atoms with van der Waals surface area (Å²) in [6.07, 6.45) is 28.5. The van der Waals surface area contributed by atoms with Crippen molar-refractivity contribution in [2.24, 2.45) is 0 Å². The molecule has 0 amide bonds. The van der Waals surface area contributed by atoms with Crippen molar-refractivity contribution in [1.82, 2.24) is 0 Å². The Morgan fingerprint density at radius 3 is 1.31 bits per heavy atom. The highest BCUT2D eigenvalue weighted by molar-refractivity contribution is 6.17. The van der Waals surface area contributed by atoms with Crippen molar-refractivity contribution in [2.45, 2.75) is 161 Å². The summed E-state index contributed by atoms with van der Waals surface area (Å²) >= 11 is 6.07. The zero-order chi connectivity index (χ0) is 21.5. The van der Waals surface area contributed by atoms with Gasteiger partial charge in [-0.3, -0.25) is 0 Å². The zero-order valence-corrected chi connectivity index (χ0v) is 21.3. The molecule has 0 aromatic heterocycles. The van der Waals surface area contributed by atoms with Gasteiger partial charge < -0.3 is 4.74 Å². The van der Waals surface area contributed by atoms with Crippen LogP contribution >= 0.6 is 11.6 Å². The predicted molar refractivity (Wildman–Crippen MR) is 133 cm³/mol. The first-order chi connectivity index (χ1) is 14.2. The molecule has 0 aromatic rings. The Balaban J connectivity index is 3.60. The van der Waals surface area contributed by atoms with E-state index in [2.05, 4.69) is 20.8 Å². The van der Waals surface area contributed by atoms with E-state index in [9.17, 15) is 0 Å². The molecule has 0 heterocycles. The number of rotatable bonds is 24. The van der Waals surface area contributed by atoms with E-state index < -0.39 is 0 Å². The van der Waals surface area contributed by atoms with Gasteiger partial charge >= 0.3 is 0 Å². The average Bonchev–Trinajstić information content (AvgIpc) is 2.71. The molecule has 176 valence electrons. The number of alkyl halides is 1. The number of hydrogen-bond acceptors (Lipinski definition) is 1. The van der Waals surface area contributed by atoms with Crippen LogP contribution in [0.5, 0.6) is 0 Å². The van der Waals surface area contributed by atoms with Gasteiger partial charge in [-0.1, -0.05) is 129 Å². The van der Waals surface area contributed by atoms with Gasteiger partial charge in [-0.15, -0.1) is 11.6 Å². The molecule has 0 aliphatic carbocycles. The SMILES string of the molecule is CCCCCCCCCCCCOC(C)(CCCl)CCCCCCCCCCC. The van der Waals surface area contributed by atoms with E-state index in [1.54, 1.807) is 0 Å². The van der Waals surface area contributed by atoms with Gasteiger partial charge in [-0.2, -0.15) is 0 Å². The minimum absolute atomic E-state index is 0.00214. The molecule has 0 radical (unpaired) electrons. The lowest BCUT2D eigenvalue weighted by molar-refractivity contribution is -0.0428. The Labute approximate surface area is 190 Å². The summed E-state index contributed by atoms with van der Waals surface area (Å²) < 4.78 is 6.33. The molecule has 0 fully saturated rings. The maximum atomic E-state index is 6.33. The molecule has 1 nitrogen and oxygen atoms in total. The van der Waals surface area contributed by atoms with E-state index in [1.807, 2.05) is 0 Å². The summed E-state index contributed by atoms with van der Waals surface area (Å²) in [5.41, 5.74) is 0.00214. The van der Waals surface area contributed by atoms with Crippen LogP contribution in [0.25, 0.3) is 0 Å². The quantitative estimate of drug-likeness (QED) is 0.109. The summed E-state index contributed by atoms with van der Waals surface area (Å²) in [6, 6.07) is 0. The van der Waals surface area contributed by atoms with Crippen LogP contribution < -0.4 is 0 Å². The van der Waals surface area contributed by atoms with E-state index in [1.165, 1.54) is 128 Å². The average molecular weight is 431 g/mol. The highest BCUT2D eigenvalue weighted by Gasteiger charge is 2.23. The highest BCUT2D eigenvalue weighted by atomic mass is 35.5. The smallest absolute Gasteiger partial charge is 0.0665 e. The third kappa shape index (κ3) is 21.3. The lowest BCUT2D eigenvalue weighted by Crippen LogP contribution is -2.30. The fraction of sp³-hybridized carbons (Fsp3) is 1.00. The van der Waals surface area contributed by atoms with Crippen molar-refractivity contribution in [2.75, 3.05) is 12.5 Å². The number of ether oxygens (including phenoxy) is 1. The Hall–Kier alpha value is 0.250. The fourth-order valence-electron chi connectivity index (χ4n) is 4.19. The Bertz CT molecular complexity index is 307. The van der Waals surface area contributed by atoms with Gasteiger partial charge in [0.2, 0.25) is 0 Å².